The molecule has 0 spiro atoms. The summed E-state index contributed by atoms with van der Waals surface area (Å²) in [6, 6.07) is 7.97. The van der Waals surface area contributed by atoms with Crippen molar-refractivity contribution >= 4 is 35.2 Å². The first-order valence-corrected chi connectivity index (χ1v) is 9.57. The summed E-state index contributed by atoms with van der Waals surface area (Å²) >= 11 is 6.53. The van der Waals surface area contributed by atoms with Gasteiger partial charge in [-0.2, -0.15) is 0 Å². The molecule has 1 aromatic rings. The summed E-state index contributed by atoms with van der Waals surface area (Å²) in [5, 5.41) is 0.455. The number of aliphatic imine (C=N–C) groups is 2. The molecule has 3 heterocycles. The molecule has 5 nitrogen and oxygen atoms in total. The molecule has 29 heavy (non-hydrogen) atoms. The van der Waals surface area contributed by atoms with Crippen molar-refractivity contribution in [2.75, 3.05) is 0 Å². The van der Waals surface area contributed by atoms with Crippen LogP contribution in [0.25, 0.3) is 0 Å². The maximum atomic E-state index is 12.2. The Morgan fingerprint density at radius 2 is 2.10 bits per heavy atom. The number of fused-ring (bicyclic) bond motifs is 1. The maximum Gasteiger partial charge on any atom is 0.241 e. The van der Waals surface area contributed by atoms with Gasteiger partial charge in [-0.1, -0.05) is 36.4 Å². The Morgan fingerprint density at radius 1 is 1.31 bits per heavy atom. The Hall–Kier alpha value is -3.18. The molecule has 6 heteroatoms. The van der Waals surface area contributed by atoms with Crippen molar-refractivity contribution < 1.29 is 14.3 Å². The summed E-state index contributed by atoms with van der Waals surface area (Å²) < 4.78 is 11.2. The molecule has 0 saturated heterocycles. The summed E-state index contributed by atoms with van der Waals surface area (Å²) in [5.41, 5.74) is 4.32. The Bertz CT molecular complexity index is 1100. The molecule has 0 amide bonds. The number of nitrogens with zero attached hydrogens (tertiary/aromatic N) is 2. The van der Waals surface area contributed by atoms with E-state index in [1.807, 2.05) is 36.4 Å². The van der Waals surface area contributed by atoms with E-state index >= 15 is 0 Å². The summed E-state index contributed by atoms with van der Waals surface area (Å²) in [6.07, 6.45) is 7.13. The van der Waals surface area contributed by atoms with Crippen LogP contribution in [0.4, 0.5) is 5.69 Å². The topological polar surface area (TPSA) is 60.3 Å². The van der Waals surface area contributed by atoms with Gasteiger partial charge in [-0.05, 0) is 48.8 Å². The van der Waals surface area contributed by atoms with Gasteiger partial charge in [-0.3, -0.25) is 9.79 Å². The largest absolute Gasteiger partial charge is 0.483 e. The maximum absolute atomic E-state index is 12.2. The van der Waals surface area contributed by atoms with Gasteiger partial charge in [0.1, 0.15) is 5.76 Å². The number of para-hydroxylation sites is 1. The van der Waals surface area contributed by atoms with Gasteiger partial charge in [-0.25, -0.2) is 4.99 Å². The number of ketones is 1. The van der Waals surface area contributed by atoms with E-state index in [-0.39, 0.29) is 17.4 Å². The van der Waals surface area contributed by atoms with Crippen LogP contribution in [0, 0.1) is 0 Å². The molecule has 3 aliphatic heterocycles. The van der Waals surface area contributed by atoms with Crippen LogP contribution in [-0.4, -0.2) is 24.0 Å². The van der Waals surface area contributed by atoms with Crippen LogP contribution in [0.2, 0.25) is 0 Å². The minimum absolute atomic E-state index is 0.147. The molecule has 0 radical (unpaired) electrons. The molecule has 146 valence electrons. The lowest BCUT2D eigenvalue weighted by molar-refractivity contribution is -0.122. The lowest BCUT2D eigenvalue weighted by Crippen LogP contribution is -2.17. The fraction of sp³-hybridized carbons (Fsp3) is 0.174. The number of hydrogen-bond acceptors (Lipinski definition) is 5. The van der Waals surface area contributed by atoms with Gasteiger partial charge in [0, 0.05) is 18.2 Å². The predicted molar refractivity (Wildman–Crippen MR) is 114 cm³/mol. The Kier molecular flexibility index (Phi) is 5.07. The number of halogens is 1. The van der Waals surface area contributed by atoms with E-state index in [2.05, 4.69) is 16.6 Å². The summed E-state index contributed by atoms with van der Waals surface area (Å²) in [7, 11) is 0. The first-order chi connectivity index (χ1) is 13.9. The first kappa shape index (κ1) is 19.2. The number of rotatable bonds is 2. The monoisotopic (exact) mass is 406 g/mol. The molecule has 3 aliphatic rings. The lowest BCUT2D eigenvalue weighted by atomic mass is 9.96. The van der Waals surface area contributed by atoms with E-state index in [9.17, 15) is 4.79 Å². The van der Waals surface area contributed by atoms with E-state index in [0.29, 0.717) is 22.8 Å². The highest BCUT2D eigenvalue weighted by molar-refractivity contribution is 6.33. The normalized spacial score (nSPS) is 21.4. The fourth-order valence-electron chi connectivity index (χ4n) is 3.30. The molecular formula is C23H19ClN2O3. The molecule has 0 bridgehead atoms. The highest BCUT2D eigenvalue weighted by Gasteiger charge is 2.33. The van der Waals surface area contributed by atoms with Crippen LogP contribution < -0.4 is 0 Å². The third kappa shape index (κ3) is 3.74. The minimum Gasteiger partial charge on any atom is -0.483 e. The van der Waals surface area contributed by atoms with Crippen LogP contribution in [0.1, 0.15) is 19.4 Å². The Balaban J connectivity index is 1.62. The molecule has 0 aliphatic carbocycles. The zero-order chi connectivity index (χ0) is 20.5. The fourth-order valence-corrected chi connectivity index (χ4v) is 3.53. The Morgan fingerprint density at radius 3 is 2.86 bits per heavy atom. The van der Waals surface area contributed by atoms with Crippen LogP contribution in [0.3, 0.4) is 0 Å². The van der Waals surface area contributed by atoms with Gasteiger partial charge in [0.25, 0.3) is 0 Å². The van der Waals surface area contributed by atoms with E-state index in [1.165, 1.54) is 6.20 Å². The van der Waals surface area contributed by atoms with Gasteiger partial charge in [0.15, 0.2) is 6.10 Å². The van der Waals surface area contributed by atoms with Crippen molar-refractivity contribution in [2.24, 2.45) is 9.98 Å². The number of carbonyl (C=O) groups is 1. The van der Waals surface area contributed by atoms with Crippen LogP contribution in [0.15, 0.2) is 92.5 Å². The van der Waals surface area contributed by atoms with Crippen molar-refractivity contribution in [3.63, 3.8) is 0 Å². The molecule has 4 rings (SSSR count). The molecule has 0 saturated carbocycles. The van der Waals surface area contributed by atoms with Crippen molar-refractivity contribution in [1.29, 1.82) is 0 Å². The van der Waals surface area contributed by atoms with Gasteiger partial charge >= 0.3 is 0 Å². The molecular weight excluding hydrogens is 388 g/mol. The lowest BCUT2D eigenvalue weighted by Gasteiger charge is -2.11. The second kappa shape index (κ2) is 7.68. The van der Waals surface area contributed by atoms with Crippen molar-refractivity contribution in [2.45, 2.75) is 26.4 Å². The average molecular weight is 407 g/mol. The minimum atomic E-state index is -0.564. The second-order valence-corrected chi connectivity index (χ2v) is 7.29. The van der Waals surface area contributed by atoms with Gasteiger partial charge in [0.05, 0.1) is 16.9 Å². The SMILES string of the molecule is C=C1C=C(C2=CC=Nc3ccccc3C2)C(Cl)=CN=C1OC1=C(C)O[C@H](C)C1=O. The third-order valence-electron chi connectivity index (χ3n) is 4.82. The van der Waals surface area contributed by atoms with E-state index in [1.54, 1.807) is 20.1 Å². The molecule has 0 aromatic heterocycles. The van der Waals surface area contributed by atoms with Gasteiger partial charge in [0.2, 0.25) is 17.4 Å². The molecule has 0 unspecified atom stereocenters. The highest BCUT2D eigenvalue weighted by Crippen LogP contribution is 2.33. The summed E-state index contributed by atoms with van der Waals surface area (Å²) in [6.45, 7) is 7.42. The van der Waals surface area contributed by atoms with Crippen molar-refractivity contribution in [3.8, 4) is 0 Å². The molecule has 0 N–H and O–H groups in total. The van der Waals surface area contributed by atoms with Crippen LogP contribution >= 0.6 is 11.6 Å². The van der Waals surface area contributed by atoms with E-state index < -0.39 is 6.10 Å². The molecule has 1 atom stereocenters. The standard InChI is InChI=1S/C23H19ClN2O3/c1-13-10-18(16-8-9-25-20-7-5-4-6-17(20)11-16)19(24)12-26-23(13)29-22-15(3)28-14(2)21(22)27/h4-10,12,14H,1,11H2,2-3H3/t14-/m1/s1. The molecule has 0 fully saturated rings. The van der Waals surface area contributed by atoms with Crippen molar-refractivity contribution in [1.82, 2.24) is 0 Å². The number of benzene rings is 1. The van der Waals surface area contributed by atoms with Crippen molar-refractivity contribution in [3.05, 3.63) is 88.0 Å². The molecule has 1 aromatic carbocycles. The summed E-state index contributed by atoms with van der Waals surface area (Å²) in [5.74, 6) is 0.567. The number of allylic oxidation sites excluding steroid dienone is 5. The number of ether oxygens (including phenoxy) is 2. The van der Waals surface area contributed by atoms with Gasteiger partial charge in [-0.15, -0.1) is 0 Å². The van der Waals surface area contributed by atoms with Crippen LogP contribution in [-0.2, 0) is 20.7 Å². The van der Waals surface area contributed by atoms with Crippen LogP contribution in [0.5, 0.6) is 0 Å². The quantitative estimate of drug-likeness (QED) is 0.687. The highest BCUT2D eigenvalue weighted by atomic mass is 35.5. The number of hydrogen-bond donors (Lipinski definition) is 0. The zero-order valence-corrected chi connectivity index (χ0v) is 16.9. The number of carbonyl (C=O) groups excluding carboxylic acids is 1. The van der Waals surface area contributed by atoms with E-state index in [0.717, 1.165) is 22.4 Å². The van der Waals surface area contributed by atoms with Gasteiger partial charge < -0.3 is 9.47 Å². The third-order valence-corrected chi connectivity index (χ3v) is 5.12. The average Bonchev–Trinajstić information content (AvgIpc) is 2.88. The first-order valence-electron chi connectivity index (χ1n) is 9.20. The summed E-state index contributed by atoms with van der Waals surface area (Å²) in [4.78, 5) is 21.0. The predicted octanol–water partition coefficient (Wildman–Crippen LogP) is 5.08. The second-order valence-electron chi connectivity index (χ2n) is 6.88. The zero-order valence-electron chi connectivity index (χ0n) is 16.1. The number of Topliss-reactive ketones (excluding diaryl/α,β-unsaturated/α-hetero) is 1. The smallest absolute Gasteiger partial charge is 0.241 e. The van der Waals surface area contributed by atoms with E-state index in [4.69, 9.17) is 21.1 Å². The Labute approximate surface area is 174 Å².